The van der Waals surface area contributed by atoms with E-state index in [1.807, 2.05) is 6.92 Å². The van der Waals surface area contributed by atoms with Crippen LogP contribution in [0.15, 0.2) is 29.2 Å². The molecule has 0 aromatic heterocycles. The number of carbonyl (C=O) groups is 2. The van der Waals surface area contributed by atoms with Crippen molar-refractivity contribution in [1.82, 2.24) is 4.31 Å². The number of nitrogens with zero attached hydrogens (tertiary/aromatic N) is 1. The molecule has 0 atom stereocenters. The number of ketones is 1. The zero-order valence-electron chi connectivity index (χ0n) is 13.4. The van der Waals surface area contributed by atoms with Gasteiger partial charge < -0.3 is 5.32 Å². The van der Waals surface area contributed by atoms with E-state index in [1.54, 1.807) is 12.1 Å². The molecule has 0 spiro atoms. The molecule has 1 N–H and O–H groups in total. The van der Waals surface area contributed by atoms with Gasteiger partial charge >= 0.3 is 0 Å². The topological polar surface area (TPSA) is 83.6 Å². The van der Waals surface area contributed by atoms with E-state index < -0.39 is 10.0 Å². The predicted octanol–water partition coefficient (Wildman–Crippen LogP) is 2.02. The van der Waals surface area contributed by atoms with Crippen LogP contribution in [0.3, 0.4) is 0 Å². The Bertz CT molecular complexity index is 675. The molecule has 0 radical (unpaired) electrons. The van der Waals surface area contributed by atoms with Crippen molar-refractivity contribution in [3.05, 3.63) is 24.3 Å². The number of carbonyl (C=O) groups excluding carboxylic acids is 2. The third kappa shape index (κ3) is 4.17. The molecule has 1 aliphatic heterocycles. The number of rotatable bonds is 5. The molecule has 1 amide bonds. The lowest BCUT2D eigenvalue weighted by molar-refractivity contribution is -0.123. The quantitative estimate of drug-likeness (QED) is 0.890. The number of amides is 1. The first kappa shape index (κ1) is 17.6. The van der Waals surface area contributed by atoms with E-state index in [9.17, 15) is 18.0 Å². The highest BCUT2D eigenvalue weighted by molar-refractivity contribution is 7.89. The molecule has 0 saturated carbocycles. The number of piperidine rings is 1. The summed E-state index contributed by atoms with van der Waals surface area (Å²) in [6.45, 7) is 3.97. The fourth-order valence-corrected chi connectivity index (χ4v) is 4.24. The molecule has 1 aromatic carbocycles. The fraction of sp³-hybridized carbons (Fsp3) is 0.500. The van der Waals surface area contributed by atoms with Gasteiger partial charge in [0.2, 0.25) is 15.9 Å². The number of hydrogen-bond acceptors (Lipinski definition) is 4. The van der Waals surface area contributed by atoms with Crippen LogP contribution in [0.25, 0.3) is 0 Å². The maximum absolute atomic E-state index is 12.6. The smallest absolute Gasteiger partial charge is 0.243 e. The largest absolute Gasteiger partial charge is 0.326 e. The van der Waals surface area contributed by atoms with E-state index in [-0.39, 0.29) is 22.5 Å². The Labute approximate surface area is 136 Å². The fourth-order valence-electron chi connectivity index (χ4n) is 2.77. The number of Topliss-reactive ketones (excluding diaryl/α,β-unsaturated/α-hetero) is 1. The van der Waals surface area contributed by atoms with Crippen molar-refractivity contribution in [2.45, 2.75) is 38.0 Å². The third-order valence-electron chi connectivity index (χ3n) is 4.07. The Kier molecular flexibility index (Phi) is 5.54. The van der Waals surface area contributed by atoms with Gasteiger partial charge in [-0.1, -0.05) is 6.92 Å². The van der Waals surface area contributed by atoms with E-state index in [1.165, 1.54) is 23.4 Å². The number of sulfonamides is 1. The minimum absolute atomic E-state index is 0.0198. The first-order chi connectivity index (χ1) is 10.8. The predicted molar refractivity (Wildman–Crippen MR) is 87.5 cm³/mol. The lowest BCUT2D eigenvalue weighted by Crippen LogP contribution is -2.40. The third-order valence-corrected chi connectivity index (χ3v) is 5.98. The van der Waals surface area contributed by atoms with Crippen molar-refractivity contribution >= 4 is 27.4 Å². The molecule has 1 saturated heterocycles. The molecule has 1 aromatic rings. The second-order valence-corrected chi connectivity index (χ2v) is 7.64. The summed E-state index contributed by atoms with van der Waals surface area (Å²) in [5.74, 6) is -0.0152. The summed E-state index contributed by atoms with van der Waals surface area (Å²) >= 11 is 0. The molecular formula is C16H22N2O4S. The average Bonchev–Trinajstić information content (AvgIpc) is 2.54. The molecule has 1 heterocycles. The molecule has 2 rings (SSSR count). The summed E-state index contributed by atoms with van der Waals surface area (Å²) in [5.41, 5.74) is 0.559. The number of benzene rings is 1. The maximum atomic E-state index is 12.6. The van der Waals surface area contributed by atoms with Gasteiger partial charge in [0.15, 0.2) is 0 Å². The first-order valence-corrected chi connectivity index (χ1v) is 9.19. The molecule has 0 unspecified atom stereocenters. The Morgan fingerprint density at radius 1 is 1.17 bits per heavy atom. The SMILES string of the molecule is CCC(=O)C1CCN(S(=O)(=O)c2ccc(NC(C)=O)cc2)CC1. The molecular weight excluding hydrogens is 316 g/mol. The van der Waals surface area contributed by atoms with E-state index in [2.05, 4.69) is 5.32 Å². The summed E-state index contributed by atoms with van der Waals surface area (Å²) in [7, 11) is -3.55. The van der Waals surface area contributed by atoms with Crippen molar-refractivity contribution in [3.63, 3.8) is 0 Å². The minimum atomic E-state index is -3.55. The molecule has 7 heteroatoms. The number of nitrogens with one attached hydrogen (secondary N) is 1. The molecule has 0 bridgehead atoms. The van der Waals surface area contributed by atoms with Crippen molar-refractivity contribution in [1.29, 1.82) is 0 Å². The molecule has 1 fully saturated rings. The zero-order valence-corrected chi connectivity index (χ0v) is 14.2. The molecule has 6 nitrogen and oxygen atoms in total. The van der Waals surface area contributed by atoms with Crippen molar-refractivity contribution in [2.24, 2.45) is 5.92 Å². The lowest BCUT2D eigenvalue weighted by Gasteiger charge is -2.30. The van der Waals surface area contributed by atoms with E-state index in [4.69, 9.17) is 0 Å². The van der Waals surface area contributed by atoms with Gasteiger partial charge in [-0.25, -0.2) is 8.42 Å². The van der Waals surface area contributed by atoms with Gasteiger partial charge in [-0.2, -0.15) is 4.31 Å². The van der Waals surface area contributed by atoms with Crippen LogP contribution >= 0.6 is 0 Å². The monoisotopic (exact) mass is 338 g/mol. The summed E-state index contributed by atoms with van der Waals surface area (Å²) < 4.78 is 26.7. The van der Waals surface area contributed by atoms with Crippen molar-refractivity contribution in [2.75, 3.05) is 18.4 Å². The molecule has 0 aliphatic carbocycles. The zero-order chi connectivity index (χ0) is 17.0. The van der Waals surface area contributed by atoms with Crippen LogP contribution in [0.5, 0.6) is 0 Å². The van der Waals surface area contributed by atoms with Gasteiger partial charge in [0.05, 0.1) is 4.90 Å². The Hall–Kier alpha value is -1.73. The highest BCUT2D eigenvalue weighted by Crippen LogP contribution is 2.25. The van der Waals surface area contributed by atoms with Gasteiger partial charge in [-0.05, 0) is 37.1 Å². The highest BCUT2D eigenvalue weighted by Gasteiger charge is 2.31. The van der Waals surface area contributed by atoms with Gasteiger partial charge in [-0.3, -0.25) is 9.59 Å². The first-order valence-electron chi connectivity index (χ1n) is 7.75. The van der Waals surface area contributed by atoms with Gasteiger partial charge in [0.1, 0.15) is 5.78 Å². The van der Waals surface area contributed by atoms with E-state index in [0.29, 0.717) is 38.0 Å². The van der Waals surface area contributed by atoms with Crippen LogP contribution in [-0.2, 0) is 19.6 Å². The summed E-state index contributed by atoms with van der Waals surface area (Å²) in [6.07, 6.45) is 1.66. The minimum Gasteiger partial charge on any atom is -0.326 e. The molecule has 23 heavy (non-hydrogen) atoms. The van der Waals surface area contributed by atoms with Crippen LogP contribution in [0, 0.1) is 5.92 Å². The average molecular weight is 338 g/mol. The van der Waals surface area contributed by atoms with E-state index >= 15 is 0 Å². The maximum Gasteiger partial charge on any atom is 0.243 e. The lowest BCUT2D eigenvalue weighted by atomic mass is 9.92. The summed E-state index contributed by atoms with van der Waals surface area (Å²) in [6, 6.07) is 6.12. The highest BCUT2D eigenvalue weighted by atomic mass is 32.2. The second-order valence-electron chi connectivity index (χ2n) is 5.70. The van der Waals surface area contributed by atoms with E-state index in [0.717, 1.165) is 0 Å². The standard InChI is InChI=1S/C16H22N2O4S/c1-3-16(20)13-8-10-18(11-9-13)23(21,22)15-6-4-14(5-7-15)17-12(2)19/h4-7,13H,3,8-11H2,1-2H3,(H,17,19). The summed E-state index contributed by atoms with van der Waals surface area (Å²) in [5, 5.41) is 2.60. The van der Waals surface area contributed by atoms with Crippen LogP contribution in [0.4, 0.5) is 5.69 Å². The van der Waals surface area contributed by atoms with Crippen LogP contribution in [0.1, 0.15) is 33.1 Å². The second kappa shape index (κ2) is 7.23. The molecule has 126 valence electrons. The van der Waals surface area contributed by atoms with Gasteiger partial charge in [0, 0.05) is 38.0 Å². The normalized spacial score (nSPS) is 17.0. The number of anilines is 1. The summed E-state index contributed by atoms with van der Waals surface area (Å²) in [4.78, 5) is 22.9. The Morgan fingerprint density at radius 2 is 1.74 bits per heavy atom. The van der Waals surface area contributed by atoms with Crippen LogP contribution < -0.4 is 5.32 Å². The van der Waals surface area contributed by atoms with Gasteiger partial charge in [-0.15, -0.1) is 0 Å². The molecule has 1 aliphatic rings. The van der Waals surface area contributed by atoms with Crippen LogP contribution in [-0.4, -0.2) is 37.5 Å². The van der Waals surface area contributed by atoms with Crippen molar-refractivity contribution in [3.8, 4) is 0 Å². The Balaban J connectivity index is 2.07. The Morgan fingerprint density at radius 3 is 2.22 bits per heavy atom. The van der Waals surface area contributed by atoms with Crippen LogP contribution in [0.2, 0.25) is 0 Å². The number of hydrogen-bond donors (Lipinski definition) is 1. The van der Waals surface area contributed by atoms with Gasteiger partial charge in [0.25, 0.3) is 0 Å². The van der Waals surface area contributed by atoms with Crippen molar-refractivity contribution < 1.29 is 18.0 Å².